The predicted octanol–water partition coefficient (Wildman–Crippen LogP) is 2.79. The standard InChI is InChI=1S/C18H19NO3S/c1-11-6-8-16(23-11)14(20)7-9-17(22)19-18-13-5-3-2-4-12(13)10-15(18)21/h2-6,8,15,18,21H,7,9-10H2,1H3,(H,19,22). The number of thiophene rings is 1. The zero-order chi connectivity index (χ0) is 16.4. The molecule has 0 spiro atoms. The Bertz CT molecular complexity index is 737. The maximum Gasteiger partial charge on any atom is 0.221 e. The second kappa shape index (κ2) is 6.64. The Morgan fingerprint density at radius 2 is 2.00 bits per heavy atom. The fourth-order valence-electron chi connectivity index (χ4n) is 2.93. The molecule has 0 aliphatic heterocycles. The van der Waals surface area contributed by atoms with Gasteiger partial charge in [-0.1, -0.05) is 24.3 Å². The van der Waals surface area contributed by atoms with Crippen LogP contribution < -0.4 is 5.32 Å². The molecule has 0 radical (unpaired) electrons. The molecular formula is C18H19NO3S. The van der Waals surface area contributed by atoms with Crippen LogP contribution in [0.2, 0.25) is 0 Å². The number of fused-ring (bicyclic) bond motifs is 1. The van der Waals surface area contributed by atoms with Crippen LogP contribution in [0.5, 0.6) is 0 Å². The molecule has 3 rings (SSSR count). The van der Waals surface area contributed by atoms with Gasteiger partial charge in [-0.3, -0.25) is 9.59 Å². The number of nitrogens with one attached hydrogen (secondary N) is 1. The van der Waals surface area contributed by atoms with E-state index in [9.17, 15) is 14.7 Å². The number of aliphatic hydroxyl groups is 1. The maximum atomic E-state index is 12.1. The lowest BCUT2D eigenvalue weighted by molar-refractivity contribution is -0.122. The van der Waals surface area contributed by atoms with Gasteiger partial charge >= 0.3 is 0 Å². The topological polar surface area (TPSA) is 66.4 Å². The highest BCUT2D eigenvalue weighted by Gasteiger charge is 2.31. The van der Waals surface area contributed by atoms with Crippen molar-refractivity contribution >= 4 is 23.0 Å². The number of aliphatic hydroxyl groups excluding tert-OH is 1. The largest absolute Gasteiger partial charge is 0.390 e. The Morgan fingerprint density at radius 1 is 1.22 bits per heavy atom. The molecule has 4 nitrogen and oxygen atoms in total. The van der Waals surface area contributed by atoms with Crippen molar-refractivity contribution in [3.05, 3.63) is 57.3 Å². The van der Waals surface area contributed by atoms with E-state index < -0.39 is 6.10 Å². The number of hydrogen-bond donors (Lipinski definition) is 2. The van der Waals surface area contributed by atoms with Crippen molar-refractivity contribution in [1.29, 1.82) is 0 Å². The minimum absolute atomic E-state index is 0.00868. The van der Waals surface area contributed by atoms with E-state index in [1.165, 1.54) is 11.3 Å². The molecule has 2 unspecified atom stereocenters. The predicted molar refractivity (Wildman–Crippen MR) is 89.7 cm³/mol. The number of ketones is 1. The van der Waals surface area contributed by atoms with E-state index in [0.29, 0.717) is 11.3 Å². The molecule has 1 aromatic carbocycles. The van der Waals surface area contributed by atoms with Crippen molar-refractivity contribution < 1.29 is 14.7 Å². The first kappa shape index (κ1) is 15.9. The molecule has 1 heterocycles. The molecule has 0 bridgehead atoms. The molecule has 2 aromatic rings. The lowest BCUT2D eigenvalue weighted by Gasteiger charge is -2.17. The molecule has 2 N–H and O–H groups in total. The number of Topliss-reactive ketones (excluding diaryl/α,β-unsaturated/α-hetero) is 1. The van der Waals surface area contributed by atoms with Gasteiger partial charge in [-0.15, -0.1) is 11.3 Å². The lowest BCUT2D eigenvalue weighted by atomic mass is 10.1. The van der Waals surface area contributed by atoms with Crippen LogP contribution in [-0.4, -0.2) is 22.9 Å². The minimum atomic E-state index is -0.605. The van der Waals surface area contributed by atoms with Gasteiger partial charge in [0.1, 0.15) is 0 Å². The van der Waals surface area contributed by atoms with Crippen LogP contribution in [0.25, 0.3) is 0 Å². The number of hydrogen-bond acceptors (Lipinski definition) is 4. The van der Waals surface area contributed by atoms with Crippen molar-refractivity contribution in [2.75, 3.05) is 0 Å². The van der Waals surface area contributed by atoms with Gasteiger partial charge in [-0.25, -0.2) is 0 Å². The van der Waals surface area contributed by atoms with Gasteiger partial charge in [0.15, 0.2) is 5.78 Å². The first-order chi connectivity index (χ1) is 11.0. The second-order valence-corrected chi connectivity index (χ2v) is 7.14. The van der Waals surface area contributed by atoms with Crippen molar-refractivity contribution in [2.24, 2.45) is 0 Å². The van der Waals surface area contributed by atoms with Crippen molar-refractivity contribution in [2.45, 2.75) is 38.3 Å². The molecule has 0 fully saturated rings. The van der Waals surface area contributed by atoms with Crippen LogP contribution >= 0.6 is 11.3 Å². The van der Waals surface area contributed by atoms with Gasteiger partial charge in [0.2, 0.25) is 5.91 Å². The molecule has 120 valence electrons. The summed E-state index contributed by atoms with van der Waals surface area (Å²) in [5, 5.41) is 13.0. The molecule has 5 heteroatoms. The SMILES string of the molecule is Cc1ccc(C(=O)CCC(=O)NC2c3ccccc3CC2O)s1. The van der Waals surface area contributed by atoms with Gasteiger partial charge in [0, 0.05) is 24.1 Å². The van der Waals surface area contributed by atoms with Crippen molar-refractivity contribution in [1.82, 2.24) is 5.32 Å². The smallest absolute Gasteiger partial charge is 0.221 e. The Balaban J connectivity index is 1.57. The zero-order valence-corrected chi connectivity index (χ0v) is 13.7. The first-order valence-electron chi connectivity index (χ1n) is 7.69. The lowest BCUT2D eigenvalue weighted by Crippen LogP contribution is -2.33. The highest BCUT2D eigenvalue weighted by Crippen LogP contribution is 2.31. The third-order valence-electron chi connectivity index (χ3n) is 4.11. The Hall–Kier alpha value is -1.98. The zero-order valence-electron chi connectivity index (χ0n) is 12.9. The molecule has 0 saturated carbocycles. The van der Waals surface area contributed by atoms with Crippen LogP contribution in [0.3, 0.4) is 0 Å². The van der Waals surface area contributed by atoms with Gasteiger partial charge in [-0.05, 0) is 30.2 Å². The fraction of sp³-hybridized carbons (Fsp3) is 0.333. The number of amides is 1. The Morgan fingerprint density at radius 3 is 2.74 bits per heavy atom. The molecule has 23 heavy (non-hydrogen) atoms. The number of rotatable bonds is 5. The number of aryl methyl sites for hydroxylation is 1. The average Bonchev–Trinajstić information content (AvgIpc) is 3.09. The molecule has 2 atom stereocenters. The quantitative estimate of drug-likeness (QED) is 0.829. The van der Waals surface area contributed by atoms with Crippen molar-refractivity contribution in [3.8, 4) is 0 Å². The van der Waals surface area contributed by atoms with Crippen molar-refractivity contribution in [3.63, 3.8) is 0 Å². The van der Waals surface area contributed by atoms with Gasteiger partial charge in [-0.2, -0.15) is 0 Å². The molecule has 1 aliphatic rings. The maximum absolute atomic E-state index is 12.1. The van der Waals surface area contributed by atoms with E-state index in [1.54, 1.807) is 6.07 Å². The summed E-state index contributed by atoms with van der Waals surface area (Å²) in [6.45, 7) is 1.95. The van der Waals surface area contributed by atoms with E-state index in [2.05, 4.69) is 5.32 Å². The third kappa shape index (κ3) is 3.51. The fourth-order valence-corrected chi connectivity index (χ4v) is 3.76. The van der Waals surface area contributed by atoms with E-state index in [1.807, 2.05) is 37.3 Å². The normalized spacial score (nSPS) is 19.4. The Kier molecular flexibility index (Phi) is 4.59. The van der Waals surface area contributed by atoms with Gasteiger partial charge in [0.05, 0.1) is 17.0 Å². The van der Waals surface area contributed by atoms with Gasteiger partial charge < -0.3 is 10.4 Å². The number of carbonyl (C=O) groups is 2. The highest BCUT2D eigenvalue weighted by molar-refractivity contribution is 7.14. The summed E-state index contributed by atoms with van der Waals surface area (Å²) in [5.41, 5.74) is 2.03. The van der Waals surface area contributed by atoms with Crippen LogP contribution in [0.1, 0.15) is 44.6 Å². The summed E-state index contributed by atoms with van der Waals surface area (Å²) in [4.78, 5) is 26.0. The summed E-state index contributed by atoms with van der Waals surface area (Å²) in [5.74, 6) is -0.210. The summed E-state index contributed by atoms with van der Waals surface area (Å²) < 4.78 is 0. The average molecular weight is 329 g/mol. The molecule has 1 aliphatic carbocycles. The second-order valence-electron chi connectivity index (χ2n) is 5.85. The van der Waals surface area contributed by atoms with Crippen LogP contribution in [0.15, 0.2) is 36.4 Å². The number of benzene rings is 1. The summed E-state index contributed by atoms with van der Waals surface area (Å²) in [6, 6.07) is 11.1. The minimum Gasteiger partial charge on any atom is -0.390 e. The summed E-state index contributed by atoms with van der Waals surface area (Å²) in [6.07, 6.45) is 0.276. The number of carbonyl (C=O) groups excluding carboxylic acids is 2. The van der Waals surface area contributed by atoms with E-state index in [4.69, 9.17) is 0 Å². The first-order valence-corrected chi connectivity index (χ1v) is 8.51. The van der Waals surface area contributed by atoms with Crippen LogP contribution in [0, 0.1) is 6.92 Å². The molecule has 1 amide bonds. The van der Waals surface area contributed by atoms with Crippen LogP contribution in [-0.2, 0) is 11.2 Å². The summed E-state index contributed by atoms with van der Waals surface area (Å²) in [7, 11) is 0. The van der Waals surface area contributed by atoms with Crippen LogP contribution in [0.4, 0.5) is 0 Å². The molecule has 0 saturated heterocycles. The Labute approximate surface area is 139 Å². The highest BCUT2D eigenvalue weighted by atomic mass is 32.1. The van der Waals surface area contributed by atoms with Gasteiger partial charge in [0.25, 0.3) is 0 Å². The van der Waals surface area contributed by atoms with E-state index in [0.717, 1.165) is 16.0 Å². The monoisotopic (exact) mass is 329 g/mol. The summed E-state index contributed by atoms with van der Waals surface area (Å²) >= 11 is 1.45. The van der Waals surface area contributed by atoms with E-state index in [-0.39, 0.29) is 30.6 Å². The molecule has 1 aromatic heterocycles. The molecular weight excluding hydrogens is 310 g/mol. The third-order valence-corrected chi connectivity index (χ3v) is 5.16. The van der Waals surface area contributed by atoms with E-state index >= 15 is 0 Å².